The normalized spacial score (nSPS) is 11.7. The number of sulfonamides is 1. The van der Waals surface area contributed by atoms with Crippen LogP contribution >= 0.6 is 0 Å². The zero-order valence-corrected chi connectivity index (χ0v) is 11.9. The van der Waals surface area contributed by atoms with Gasteiger partial charge in [-0.05, 0) is 24.3 Å². The fraction of sp³-hybridized carbons (Fsp3) is 0.0769. The quantitative estimate of drug-likeness (QED) is 0.823. The van der Waals surface area contributed by atoms with E-state index in [0.717, 1.165) is 0 Å². The number of aromatic hydroxyl groups is 1. The molecule has 0 atom stereocenters. The largest absolute Gasteiger partial charge is 0.504 e. The molecule has 0 amide bonds. The van der Waals surface area contributed by atoms with Gasteiger partial charge in [0.25, 0.3) is 10.0 Å². The van der Waals surface area contributed by atoms with Crippen molar-refractivity contribution in [2.45, 2.75) is 5.03 Å². The number of phenols is 1. The monoisotopic (exact) mass is 307 g/mol. The maximum absolute atomic E-state index is 11.4. The zero-order chi connectivity index (χ0) is 15.5. The number of benzene rings is 1. The predicted molar refractivity (Wildman–Crippen MR) is 77.5 cm³/mol. The number of phenolic OH excluding ortho intramolecular Hbond substituents is 1. The van der Waals surface area contributed by atoms with Crippen LogP contribution in [-0.2, 0) is 10.0 Å². The number of hydrogen-bond acceptors (Lipinski definition) is 6. The highest BCUT2D eigenvalue weighted by atomic mass is 32.2. The molecule has 0 spiro atoms. The summed E-state index contributed by atoms with van der Waals surface area (Å²) in [4.78, 5) is 7.72. The number of para-hydroxylation sites is 1. The molecule has 0 radical (unpaired) electrons. The highest BCUT2D eigenvalue weighted by Gasteiger charge is 2.14. The molecule has 0 aliphatic rings. The summed E-state index contributed by atoms with van der Waals surface area (Å²) in [6.45, 7) is 0. The van der Waals surface area contributed by atoms with E-state index in [9.17, 15) is 13.5 Å². The van der Waals surface area contributed by atoms with Gasteiger partial charge in [0.2, 0.25) is 0 Å². The summed E-state index contributed by atoms with van der Waals surface area (Å²) >= 11 is 0. The molecule has 110 valence electrons. The van der Waals surface area contributed by atoms with Gasteiger partial charge in [-0.3, -0.25) is 4.99 Å². The van der Waals surface area contributed by atoms with E-state index < -0.39 is 10.0 Å². The van der Waals surface area contributed by atoms with Gasteiger partial charge >= 0.3 is 0 Å². The second-order valence-corrected chi connectivity index (χ2v) is 5.51. The van der Waals surface area contributed by atoms with Crippen LogP contribution in [0.5, 0.6) is 11.5 Å². The summed E-state index contributed by atoms with van der Waals surface area (Å²) < 4.78 is 27.8. The Balaban J connectivity index is 2.44. The van der Waals surface area contributed by atoms with Crippen LogP contribution in [0.2, 0.25) is 0 Å². The molecule has 0 bridgehead atoms. The Morgan fingerprint density at radius 1 is 1.33 bits per heavy atom. The lowest BCUT2D eigenvalue weighted by Gasteiger charge is -2.05. The third-order valence-electron chi connectivity index (χ3n) is 2.61. The summed E-state index contributed by atoms with van der Waals surface area (Å²) in [5, 5.41) is 14.7. The van der Waals surface area contributed by atoms with Gasteiger partial charge in [0.1, 0.15) is 5.69 Å². The molecule has 7 nitrogen and oxygen atoms in total. The van der Waals surface area contributed by atoms with Gasteiger partial charge in [-0.1, -0.05) is 6.07 Å². The molecule has 21 heavy (non-hydrogen) atoms. The van der Waals surface area contributed by atoms with Gasteiger partial charge in [-0.25, -0.2) is 18.5 Å². The van der Waals surface area contributed by atoms with E-state index in [-0.39, 0.29) is 22.2 Å². The third-order valence-corrected chi connectivity index (χ3v) is 3.47. The van der Waals surface area contributed by atoms with Gasteiger partial charge in [-0.2, -0.15) is 0 Å². The fourth-order valence-corrected chi connectivity index (χ4v) is 2.27. The van der Waals surface area contributed by atoms with Gasteiger partial charge in [0.05, 0.1) is 7.11 Å². The summed E-state index contributed by atoms with van der Waals surface area (Å²) in [5.74, 6) is 0.196. The summed E-state index contributed by atoms with van der Waals surface area (Å²) in [5.41, 5.74) is 0.459. The number of pyridine rings is 1. The maximum atomic E-state index is 11.4. The molecule has 1 aromatic heterocycles. The van der Waals surface area contributed by atoms with Crippen LogP contribution in [0.3, 0.4) is 0 Å². The highest BCUT2D eigenvalue weighted by molar-refractivity contribution is 7.89. The Bertz CT molecular complexity index is 788. The van der Waals surface area contributed by atoms with Crippen molar-refractivity contribution in [3.8, 4) is 11.5 Å². The van der Waals surface area contributed by atoms with Crippen molar-refractivity contribution in [2.24, 2.45) is 10.1 Å². The van der Waals surface area contributed by atoms with E-state index in [1.54, 1.807) is 18.2 Å². The molecule has 0 saturated heterocycles. The molecule has 0 aliphatic carbocycles. The molecule has 2 rings (SSSR count). The van der Waals surface area contributed by atoms with Gasteiger partial charge in [0, 0.05) is 18.0 Å². The first-order valence-electron chi connectivity index (χ1n) is 5.81. The summed E-state index contributed by atoms with van der Waals surface area (Å²) in [6, 6.07) is 7.86. The van der Waals surface area contributed by atoms with Crippen molar-refractivity contribution in [3.05, 3.63) is 42.1 Å². The third kappa shape index (κ3) is 3.36. The van der Waals surface area contributed by atoms with Gasteiger partial charge in [0.15, 0.2) is 16.5 Å². The zero-order valence-electron chi connectivity index (χ0n) is 11.1. The topological polar surface area (TPSA) is 115 Å². The van der Waals surface area contributed by atoms with E-state index in [4.69, 9.17) is 9.88 Å². The Kier molecular flexibility index (Phi) is 4.20. The van der Waals surface area contributed by atoms with Crippen LogP contribution in [0.25, 0.3) is 0 Å². The smallest absolute Gasteiger partial charge is 0.257 e. The van der Waals surface area contributed by atoms with Crippen molar-refractivity contribution in [2.75, 3.05) is 7.11 Å². The van der Waals surface area contributed by atoms with E-state index in [2.05, 4.69) is 9.98 Å². The minimum Gasteiger partial charge on any atom is -0.504 e. The van der Waals surface area contributed by atoms with Crippen LogP contribution in [-0.4, -0.2) is 31.8 Å². The first kappa shape index (κ1) is 14.9. The first-order valence-corrected chi connectivity index (χ1v) is 7.36. The minimum atomic E-state index is -3.97. The average molecular weight is 307 g/mol. The molecular weight excluding hydrogens is 294 g/mol. The maximum Gasteiger partial charge on any atom is 0.257 e. The molecule has 0 saturated carbocycles. The lowest BCUT2D eigenvalue weighted by Crippen LogP contribution is -2.13. The van der Waals surface area contributed by atoms with E-state index in [0.29, 0.717) is 5.56 Å². The van der Waals surface area contributed by atoms with Gasteiger partial charge in [-0.15, -0.1) is 0 Å². The number of hydrogen-bond donors (Lipinski definition) is 2. The molecule has 8 heteroatoms. The predicted octanol–water partition coefficient (Wildman–Crippen LogP) is 1.19. The average Bonchev–Trinajstić information content (AvgIpc) is 2.45. The Morgan fingerprint density at radius 3 is 2.76 bits per heavy atom. The lowest BCUT2D eigenvalue weighted by atomic mass is 10.2. The molecule has 2 aromatic rings. The highest BCUT2D eigenvalue weighted by Crippen LogP contribution is 2.29. The molecule has 0 fully saturated rings. The van der Waals surface area contributed by atoms with Crippen LogP contribution in [0, 0.1) is 0 Å². The Labute approximate surface area is 121 Å². The summed E-state index contributed by atoms with van der Waals surface area (Å²) in [6.07, 6.45) is 2.62. The van der Waals surface area contributed by atoms with Crippen molar-refractivity contribution in [1.82, 2.24) is 4.98 Å². The molecular formula is C13H13N3O4S. The Hall–Kier alpha value is -2.45. The fourth-order valence-electron chi connectivity index (χ4n) is 1.65. The first-order chi connectivity index (χ1) is 9.93. The number of nitrogens with zero attached hydrogens (tertiary/aromatic N) is 2. The number of primary sulfonamides is 1. The van der Waals surface area contributed by atoms with Crippen molar-refractivity contribution >= 4 is 21.9 Å². The number of aliphatic imine (C=N–C) groups is 1. The van der Waals surface area contributed by atoms with Gasteiger partial charge < -0.3 is 9.84 Å². The van der Waals surface area contributed by atoms with E-state index in [1.165, 1.54) is 31.7 Å². The SMILES string of the molecule is COc1cccc(C=Nc2cccnc2S(N)(=O)=O)c1O. The van der Waals surface area contributed by atoms with E-state index >= 15 is 0 Å². The standard InChI is InChI=1S/C13H13N3O4S/c1-20-11-6-2-4-9(12(11)17)8-16-10-5-3-7-15-13(10)21(14,18)19/h2-8,17H,1H3,(H2,14,18,19). The number of nitrogens with two attached hydrogens (primary N) is 1. The molecule has 0 unspecified atom stereocenters. The second kappa shape index (κ2) is 5.90. The number of ether oxygens (including phenoxy) is 1. The van der Waals surface area contributed by atoms with Crippen molar-refractivity contribution in [3.63, 3.8) is 0 Å². The molecule has 3 N–H and O–H groups in total. The molecule has 1 aromatic carbocycles. The van der Waals surface area contributed by atoms with Crippen LogP contribution in [0.1, 0.15) is 5.56 Å². The van der Waals surface area contributed by atoms with Crippen LogP contribution in [0.15, 0.2) is 46.5 Å². The molecule has 1 heterocycles. The molecule has 0 aliphatic heterocycles. The number of aromatic nitrogens is 1. The van der Waals surface area contributed by atoms with Crippen molar-refractivity contribution < 1.29 is 18.3 Å². The number of rotatable bonds is 4. The lowest BCUT2D eigenvalue weighted by molar-refractivity contribution is 0.373. The van der Waals surface area contributed by atoms with Crippen molar-refractivity contribution in [1.29, 1.82) is 0 Å². The minimum absolute atomic E-state index is 0.0854. The van der Waals surface area contributed by atoms with E-state index in [1.807, 2.05) is 0 Å². The number of methoxy groups -OCH3 is 1. The van der Waals surface area contributed by atoms with Crippen LogP contribution in [0.4, 0.5) is 5.69 Å². The second-order valence-electron chi connectivity index (χ2n) is 4.03. The summed E-state index contributed by atoms with van der Waals surface area (Å²) in [7, 11) is -2.55. The Morgan fingerprint density at radius 2 is 2.10 bits per heavy atom. The van der Waals surface area contributed by atoms with Crippen LogP contribution < -0.4 is 9.88 Å².